The van der Waals surface area contributed by atoms with Crippen molar-refractivity contribution >= 4 is 17.2 Å². The maximum absolute atomic E-state index is 12.1. The molecule has 1 amide bonds. The molecule has 29 heavy (non-hydrogen) atoms. The van der Waals surface area contributed by atoms with Crippen molar-refractivity contribution in [2.24, 2.45) is 0 Å². The molecule has 1 aromatic heterocycles. The van der Waals surface area contributed by atoms with Crippen LogP contribution >= 0.6 is 11.3 Å². The highest BCUT2D eigenvalue weighted by molar-refractivity contribution is 7.13. The number of likely N-dealkylation sites (N-methyl/N-ethyl adjacent to an activating group) is 1. The molecule has 0 bridgehead atoms. The number of piperazine rings is 1. The molecule has 1 aliphatic heterocycles. The monoisotopic (exact) mass is 414 g/mol. The first-order chi connectivity index (χ1) is 14.1. The maximum Gasteiger partial charge on any atom is 0.226 e. The highest BCUT2D eigenvalue weighted by Crippen LogP contribution is 2.25. The number of nitrogens with one attached hydrogen (secondary N) is 1. The van der Waals surface area contributed by atoms with Gasteiger partial charge in [-0.25, -0.2) is 4.98 Å². The van der Waals surface area contributed by atoms with E-state index in [0.717, 1.165) is 62.0 Å². The van der Waals surface area contributed by atoms with Gasteiger partial charge in [0.05, 0.1) is 12.1 Å². The van der Waals surface area contributed by atoms with Crippen LogP contribution in [0.5, 0.6) is 0 Å². The lowest BCUT2D eigenvalue weighted by Gasteiger charge is -2.32. The summed E-state index contributed by atoms with van der Waals surface area (Å²) in [5, 5.41) is 6.02. The van der Waals surface area contributed by atoms with Gasteiger partial charge in [-0.1, -0.05) is 44.4 Å². The second-order valence-electron chi connectivity index (χ2n) is 8.01. The van der Waals surface area contributed by atoms with Crippen molar-refractivity contribution in [1.82, 2.24) is 20.1 Å². The molecule has 0 aliphatic carbocycles. The van der Waals surface area contributed by atoms with Crippen LogP contribution in [0.2, 0.25) is 0 Å². The molecular weight excluding hydrogens is 380 g/mol. The lowest BCUT2D eigenvalue weighted by Crippen LogP contribution is -2.43. The number of benzene rings is 1. The molecule has 1 saturated heterocycles. The Morgan fingerprint density at radius 1 is 1.17 bits per heavy atom. The molecule has 6 heteroatoms. The van der Waals surface area contributed by atoms with Gasteiger partial charge in [0.2, 0.25) is 5.91 Å². The van der Waals surface area contributed by atoms with Crippen molar-refractivity contribution in [2.75, 3.05) is 39.8 Å². The zero-order valence-electron chi connectivity index (χ0n) is 17.8. The summed E-state index contributed by atoms with van der Waals surface area (Å²) in [5.41, 5.74) is 3.34. The molecule has 0 saturated carbocycles. The Balaban J connectivity index is 1.51. The van der Waals surface area contributed by atoms with Crippen molar-refractivity contribution < 1.29 is 4.79 Å². The third-order valence-electron chi connectivity index (χ3n) is 5.42. The normalized spacial score (nSPS) is 15.5. The number of nitrogens with zero attached hydrogens (tertiary/aromatic N) is 3. The van der Waals surface area contributed by atoms with Crippen molar-refractivity contribution in [3.63, 3.8) is 0 Å². The van der Waals surface area contributed by atoms with E-state index in [2.05, 4.69) is 53.4 Å². The van der Waals surface area contributed by atoms with Crippen LogP contribution in [-0.2, 0) is 17.8 Å². The Morgan fingerprint density at radius 3 is 2.79 bits per heavy atom. The number of carbonyl (C=O) groups excluding carboxylic acids is 1. The second kappa shape index (κ2) is 11.4. The minimum atomic E-state index is 0.0714. The minimum Gasteiger partial charge on any atom is -0.356 e. The number of carbonyl (C=O) groups is 1. The summed E-state index contributed by atoms with van der Waals surface area (Å²) in [7, 11) is 2.19. The van der Waals surface area contributed by atoms with Gasteiger partial charge in [-0.15, -0.1) is 11.3 Å². The molecular formula is C23H34N4OS. The Hall–Kier alpha value is -1.76. The molecule has 158 valence electrons. The molecule has 3 rings (SSSR count). The molecule has 2 aromatic rings. The fourth-order valence-electron chi connectivity index (χ4n) is 3.59. The highest BCUT2D eigenvalue weighted by atomic mass is 32.1. The van der Waals surface area contributed by atoms with E-state index >= 15 is 0 Å². The number of hydrogen-bond donors (Lipinski definition) is 1. The molecule has 0 radical (unpaired) electrons. The van der Waals surface area contributed by atoms with Gasteiger partial charge in [0, 0.05) is 50.2 Å². The molecule has 1 aliphatic rings. The zero-order chi connectivity index (χ0) is 20.5. The topological polar surface area (TPSA) is 48.5 Å². The van der Waals surface area contributed by atoms with E-state index in [0.29, 0.717) is 6.42 Å². The minimum absolute atomic E-state index is 0.0714. The Bertz CT molecular complexity index is 768. The molecule has 0 spiro atoms. The van der Waals surface area contributed by atoms with Crippen LogP contribution in [0.3, 0.4) is 0 Å². The first-order valence-corrected chi connectivity index (χ1v) is 11.7. The van der Waals surface area contributed by atoms with E-state index in [9.17, 15) is 4.79 Å². The smallest absolute Gasteiger partial charge is 0.226 e. The number of amides is 1. The Labute approximate surface area is 179 Å². The van der Waals surface area contributed by atoms with Gasteiger partial charge in [0.1, 0.15) is 5.01 Å². The number of unbranched alkanes of at least 4 members (excludes halogenated alkanes) is 3. The van der Waals surface area contributed by atoms with Crippen LogP contribution < -0.4 is 5.32 Å². The van der Waals surface area contributed by atoms with E-state index in [1.165, 1.54) is 24.8 Å². The molecule has 2 heterocycles. The van der Waals surface area contributed by atoms with Gasteiger partial charge in [0.25, 0.3) is 0 Å². The molecule has 1 aromatic carbocycles. The van der Waals surface area contributed by atoms with Crippen LogP contribution in [0.15, 0.2) is 29.6 Å². The van der Waals surface area contributed by atoms with Crippen LogP contribution in [0.1, 0.15) is 43.9 Å². The molecule has 1 fully saturated rings. The number of thiazole rings is 1. The average molecular weight is 415 g/mol. The Kier molecular flexibility index (Phi) is 8.65. The summed E-state index contributed by atoms with van der Waals surface area (Å²) >= 11 is 1.62. The first-order valence-electron chi connectivity index (χ1n) is 10.9. The van der Waals surface area contributed by atoms with Gasteiger partial charge < -0.3 is 10.2 Å². The van der Waals surface area contributed by atoms with Crippen LogP contribution in [0, 0.1) is 0 Å². The third kappa shape index (κ3) is 7.21. The van der Waals surface area contributed by atoms with E-state index in [1.807, 2.05) is 5.38 Å². The maximum atomic E-state index is 12.1. The van der Waals surface area contributed by atoms with Crippen LogP contribution in [0.4, 0.5) is 0 Å². The lowest BCUT2D eigenvalue weighted by atomic mass is 10.1. The summed E-state index contributed by atoms with van der Waals surface area (Å²) in [6.45, 7) is 8.46. The lowest BCUT2D eigenvalue weighted by molar-refractivity contribution is -0.120. The predicted molar refractivity (Wildman–Crippen MR) is 121 cm³/mol. The number of aromatic nitrogens is 1. The van der Waals surface area contributed by atoms with E-state index in [4.69, 9.17) is 4.98 Å². The zero-order valence-corrected chi connectivity index (χ0v) is 18.6. The Morgan fingerprint density at radius 2 is 2.00 bits per heavy atom. The molecule has 1 N–H and O–H groups in total. The first kappa shape index (κ1) is 21.9. The number of rotatable bonds is 10. The van der Waals surface area contributed by atoms with Crippen molar-refractivity contribution in [3.8, 4) is 10.6 Å². The second-order valence-corrected chi connectivity index (χ2v) is 8.87. The summed E-state index contributed by atoms with van der Waals surface area (Å²) < 4.78 is 0. The van der Waals surface area contributed by atoms with Crippen LogP contribution in [0.25, 0.3) is 10.6 Å². The van der Waals surface area contributed by atoms with Gasteiger partial charge in [-0.2, -0.15) is 0 Å². The van der Waals surface area contributed by atoms with Gasteiger partial charge in [0.15, 0.2) is 0 Å². The quantitative estimate of drug-likeness (QED) is 0.601. The van der Waals surface area contributed by atoms with Gasteiger partial charge >= 0.3 is 0 Å². The summed E-state index contributed by atoms with van der Waals surface area (Å²) in [5.74, 6) is 0.0714. The summed E-state index contributed by atoms with van der Waals surface area (Å²) in [6, 6.07) is 8.67. The van der Waals surface area contributed by atoms with Gasteiger partial charge in [-0.05, 0) is 25.1 Å². The number of hydrogen-bond acceptors (Lipinski definition) is 5. The standard InChI is InChI=1S/C23H34N4OS/c1-3-4-5-6-10-24-22(28)16-21-18-29-23(25-21)20-9-7-8-19(15-20)17-27-13-11-26(2)12-14-27/h7-9,15,18H,3-6,10-14,16-17H2,1-2H3,(H,24,28). The SMILES string of the molecule is CCCCCCNC(=O)Cc1csc(-c2cccc(CN3CCN(C)CC3)c2)n1. The fourth-order valence-corrected chi connectivity index (χ4v) is 4.41. The van der Waals surface area contributed by atoms with E-state index < -0.39 is 0 Å². The molecule has 5 nitrogen and oxygen atoms in total. The highest BCUT2D eigenvalue weighted by Gasteiger charge is 2.14. The van der Waals surface area contributed by atoms with E-state index in [-0.39, 0.29) is 5.91 Å². The third-order valence-corrected chi connectivity index (χ3v) is 6.36. The van der Waals surface area contributed by atoms with E-state index in [1.54, 1.807) is 11.3 Å². The summed E-state index contributed by atoms with van der Waals surface area (Å²) in [6.07, 6.45) is 5.06. The average Bonchev–Trinajstić information content (AvgIpc) is 3.18. The van der Waals surface area contributed by atoms with Crippen molar-refractivity contribution in [3.05, 3.63) is 40.9 Å². The summed E-state index contributed by atoms with van der Waals surface area (Å²) in [4.78, 5) is 21.7. The van der Waals surface area contributed by atoms with Crippen molar-refractivity contribution in [1.29, 1.82) is 0 Å². The van der Waals surface area contributed by atoms with Crippen molar-refractivity contribution in [2.45, 2.75) is 45.6 Å². The fraction of sp³-hybridized carbons (Fsp3) is 0.565. The molecule has 0 atom stereocenters. The van der Waals surface area contributed by atoms with Gasteiger partial charge in [-0.3, -0.25) is 9.69 Å². The predicted octanol–water partition coefficient (Wildman–Crippen LogP) is 3.80. The largest absolute Gasteiger partial charge is 0.356 e. The van der Waals surface area contributed by atoms with Crippen LogP contribution in [-0.4, -0.2) is 60.5 Å². The molecule has 0 unspecified atom stereocenters.